The van der Waals surface area contributed by atoms with E-state index in [2.05, 4.69) is 13.2 Å². The Morgan fingerprint density at radius 2 is 1.75 bits per heavy atom. The Balaban J connectivity index is 0.000000243. The molecule has 0 aromatic heterocycles. The van der Waals surface area contributed by atoms with Gasteiger partial charge in [0.2, 0.25) is 0 Å². The lowest BCUT2D eigenvalue weighted by molar-refractivity contribution is 0.00578. The van der Waals surface area contributed by atoms with E-state index in [1.807, 2.05) is 48.5 Å². The molecule has 2 heterocycles. The van der Waals surface area contributed by atoms with Crippen molar-refractivity contribution < 1.29 is 18.8 Å². The number of hydrogen-bond donors (Lipinski definition) is 0. The van der Waals surface area contributed by atoms with Crippen LogP contribution in [0, 0.1) is 0 Å². The maximum absolute atomic E-state index is 11.5. The average molecular weight is 337 g/mol. The molecule has 5 nitrogen and oxygen atoms in total. The van der Waals surface area contributed by atoms with Crippen LogP contribution in [0.5, 0.6) is 0 Å². The zero-order valence-electron chi connectivity index (χ0n) is 16.3. The summed E-state index contributed by atoms with van der Waals surface area (Å²) in [6, 6.07) is 0. The van der Waals surface area contributed by atoms with Gasteiger partial charge in [0, 0.05) is 13.1 Å². The van der Waals surface area contributed by atoms with Crippen LogP contribution in [0.15, 0.2) is 24.7 Å². The van der Waals surface area contributed by atoms with Gasteiger partial charge in [0.15, 0.2) is 0 Å². The smallest absolute Gasteiger partial charge is 0.444 e. The van der Waals surface area contributed by atoms with Gasteiger partial charge in [-0.15, -0.1) is 6.58 Å². The molecule has 0 spiro atoms. The molecule has 0 bridgehead atoms. The lowest BCUT2D eigenvalue weighted by Gasteiger charge is -2.32. The largest absolute Gasteiger partial charge is 0.486 e. The Bertz CT molecular complexity index is 478. The lowest BCUT2D eigenvalue weighted by atomic mass is 9.90. The Morgan fingerprint density at radius 3 is 2.04 bits per heavy atom. The first-order chi connectivity index (χ1) is 10.8. The van der Waals surface area contributed by atoms with E-state index >= 15 is 0 Å². The van der Waals surface area contributed by atoms with E-state index in [4.69, 9.17) is 14.0 Å². The number of rotatable bonds is 1. The maximum atomic E-state index is 11.5. The predicted molar refractivity (Wildman–Crippen MR) is 97.8 cm³/mol. The highest BCUT2D eigenvalue weighted by Crippen LogP contribution is 2.36. The normalized spacial score (nSPS) is 22.0. The average Bonchev–Trinajstić information content (AvgIpc) is 2.90. The van der Waals surface area contributed by atoms with Crippen molar-refractivity contribution in [2.75, 3.05) is 13.1 Å². The number of carbonyl (C=O) groups is 1. The molecule has 0 unspecified atom stereocenters. The van der Waals surface area contributed by atoms with Crippen LogP contribution in [-0.2, 0) is 14.0 Å². The summed E-state index contributed by atoms with van der Waals surface area (Å²) in [6.45, 7) is 22.6. The van der Waals surface area contributed by atoms with Crippen LogP contribution in [0.4, 0.5) is 4.79 Å². The van der Waals surface area contributed by atoms with Gasteiger partial charge in [-0.25, -0.2) is 4.79 Å². The minimum Gasteiger partial charge on any atom is -0.444 e. The zero-order valence-corrected chi connectivity index (χ0v) is 16.3. The molecule has 2 rings (SSSR count). The van der Waals surface area contributed by atoms with Crippen molar-refractivity contribution in [2.45, 2.75) is 71.7 Å². The van der Waals surface area contributed by atoms with E-state index in [1.54, 1.807) is 10.9 Å². The molecule has 24 heavy (non-hydrogen) atoms. The topological polar surface area (TPSA) is 48.0 Å². The molecule has 6 heteroatoms. The number of amides is 1. The van der Waals surface area contributed by atoms with E-state index in [0.717, 1.165) is 18.5 Å². The van der Waals surface area contributed by atoms with Gasteiger partial charge in [0.1, 0.15) is 5.60 Å². The number of hydrogen-bond acceptors (Lipinski definition) is 4. The molecule has 2 aliphatic heterocycles. The molecule has 1 amide bonds. The van der Waals surface area contributed by atoms with Gasteiger partial charge in [-0.1, -0.05) is 18.1 Å². The molecule has 2 saturated heterocycles. The second-order valence-corrected chi connectivity index (χ2v) is 8.26. The lowest BCUT2D eigenvalue weighted by Crippen LogP contribution is -2.41. The number of ether oxygens (including phenoxy) is 1. The fourth-order valence-electron chi connectivity index (χ4n) is 2.19. The third-order valence-electron chi connectivity index (χ3n) is 4.27. The highest BCUT2D eigenvalue weighted by Gasteiger charge is 2.49. The molecular formula is C18H32BNO4. The van der Waals surface area contributed by atoms with Crippen LogP contribution in [-0.4, -0.2) is 48.0 Å². The molecule has 2 aliphatic rings. The van der Waals surface area contributed by atoms with Crippen molar-refractivity contribution in [3.05, 3.63) is 24.7 Å². The summed E-state index contributed by atoms with van der Waals surface area (Å²) >= 11 is 0. The molecule has 136 valence electrons. The van der Waals surface area contributed by atoms with Crippen LogP contribution < -0.4 is 0 Å². The fourth-order valence-corrected chi connectivity index (χ4v) is 2.19. The van der Waals surface area contributed by atoms with Crippen LogP contribution in [0.2, 0.25) is 0 Å². The van der Waals surface area contributed by atoms with Crippen LogP contribution in [0.25, 0.3) is 0 Å². The van der Waals surface area contributed by atoms with Crippen LogP contribution in [0.3, 0.4) is 0 Å². The van der Waals surface area contributed by atoms with E-state index in [9.17, 15) is 4.79 Å². The Morgan fingerprint density at radius 1 is 1.25 bits per heavy atom. The second-order valence-electron chi connectivity index (χ2n) is 8.26. The molecule has 0 atom stereocenters. The first-order valence-electron chi connectivity index (χ1n) is 8.40. The summed E-state index contributed by atoms with van der Waals surface area (Å²) < 4.78 is 16.4. The predicted octanol–water partition coefficient (Wildman–Crippen LogP) is 3.99. The van der Waals surface area contributed by atoms with Gasteiger partial charge in [-0.3, -0.25) is 0 Å². The summed E-state index contributed by atoms with van der Waals surface area (Å²) in [5.74, 6) is 1.68. The Hall–Kier alpha value is -1.27. The summed E-state index contributed by atoms with van der Waals surface area (Å²) in [7, 11) is -0.250. The molecule has 0 aromatic rings. The van der Waals surface area contributed by atoms with Crippen LogP contribution >= 0.6 is 0 Å². The van der Waals surface area contributed by atoms with E-state index < -0.39 is 5.60 Å². The number of carbonyl (C=O) groups excluding carboxylic acids is 1. The summed E-state index contributed by atoms with van der Waals surface area (Å²) in [5.41, 5.74) is 0.240. The summed E-state index contributed by atoms with van der Waals surface area (Å²) in [6.07, 6.45) is 0.672. The van der Waals surface area contributed by atoms with Gasteiger partial charge in [0.25, 0.3) is 0 Å². The monoisotopic (exact) mass is 337 g/mol. The van der Waals surface area contributed by atoms with Crippen molar-refractivity contribution in [3.63, 3.8) is 0 Å². The first kappa shape index (κ1) is 20.8. The van der Waals surface area contributed by atoms with Gasteiger partial charge < -0.3 is 18.9 Å². The van der Waals surface area contributed by atoms with Gasteiger partial charge in [-0.2, -0.15) is 0 Å². The van der Waals surface area contributed by atoms with Crippen molar-refractivity contribution >= 4 is 13.2 Å². The highest BCUT2D eigenvalue weighted by atomic mass is 16.7. The van der Waals surface area contributed by atoms with E-state index in [-0.39, 0.29) is 24.4 Å². The summed E-state index contributed by atoms with van der Waals surface area (Å²) in [4.78, 5) is 13.2. The maximum Gasteiger partial charge on any atom is 0.486 e. The quantitative estimate of drug-likeness (QED) is 0.536. The van der Waals surface area contributed by atoms with Crippen LogP contribution in [0.1, 0.15) is 54.9 Å². The minimum atomic E-state index is -0.402. The van der Waals surface area contributed by atoms with E-state index in [0.29, 0.717) is 6.54 Å². The molecule has 0 aliphatic carbocycles. The SMILES string of the molecule is C=C1CCN(C(=O)OC(C)(C)C)C1.C=CB1OC(C)(C)C(C)(C)O1. The molecule has 0 N–H and O–H groups in total. The van der Waals surface area contributed by atoms with Crippen molar-refractivity contribution in [3.8, 4) is 0 Å². The fraction of sp³-hybridized carbons (Fsp3) is 0.722. The Labute approximate surface area is 147 Å². The molecule has 0 saturated carbocycles. The van der Waals surface area contributed by atoms with Gasteiger partial charge >= 0.3 is 13.2 Å². The second kappa shape index (κ2) is 7.32. The molecular weight excluding hydrogens is 305 g/mol. The third-order valence-corrected chi connectivity index (χ3v) is 4.27. The number of nitrogens with zero attached hydrogens (tertiary/aromatic N) is 1. The summed E-state index contributed by atoms with van der Waals surface area (Å²) in [5, 5.41) is 0. The molecule has 0 radical (unpaired) electrons. The molecule has 2 fully saturated rings. The van der Waals surface area contributed by atoms with Gasteiger partial charge in [0.05, 0.1) is 11.2 Å². The first-order valence-corrected chi connectivity index (χ1v) is 8.40. The van der Waals surface area contributed by atoms with Gasteiger partial charge in [-0.05, 0) is 54.9 Å². The van der Waals surface area contributed by atoms with Crippen molar-refractivity contribution in [1.29, 1.82) is 0 Å². The molecule has 0 aromatic carbocycles. The van der Waals surface area contributed by atoms with Crippen molar-refractivity contribution in [1.82, 2.24) is 4.90 Å². The number of likely N-dealkylation sites (tertiary alicyclic amines) is 1. The zero-order chi connectivity index (χ0) is 18.8. The standard InChI is InChI=1S/C10H17NO2.C8H15BO2/c1-8-5-6-11(7-8)9(12)13-10(2,3)4;1-6-9-10-7(2,3)8(4,5)11-9/h1,5-7H2,2-4H3;6H,1H2,2-5H3. The van der Waals surface area contributed by atoms with E-state index in [1.165, 1.54) is 0 Å². The highest BCUT2D eigenvalue weighted by molar-refractivity contribution is 6.51. The minimum absolute atomic E-state index is 0.230. The Kier molecular flexibility index (Phi) is 6.34. The van der Waals surface area contributed by atoms with Crippen molar-refractivity contribution in [2.24, 2.45) is 0 Å². The third kappa shape index (κ3) is 5.67.